The van der Waals surface area contributed by atoms with Crippen LogP contribution in [0.4, 0.5) is 0 Å². The fourth-order valence-electron chi connectivity index (χ4n) is 3.11. The van der Waals surface area contributed by atoms with Crippen LogP contribution in [0.25, 0.3) is 0 Å². The van der Waals surface area contributed by atoms with E-state index in [0.717, 1.165) is 6.54 Å². The van der Waals surface area contributed by atoms with Crippen molar-refractivity contribution >= 4 is 0 Å². The van der Waals surface area contributed by atoms with E-state index in [2.05, 4.69) is 43.6 Å². The molecule has 0 radical (unpaired) electrons. The minimum absolute atomic E-state index is 0.417. The highest BCUT2D eigenvalue weighted by Crippen LogP contribution is 2.41. The second kappa shape index (κ2) is 4.36. The fraction of sp³-hybridized carbons (Fsp3) is 0.571. The molecular formula is C14H21N. The summed E-state index contributed by atoms with van der Waals surface area (Å²) < 4.78 is 0. The number of rotatable bonds is 4. The lowest BCUT2D eigenvalue weighted by atomic mass is 9.78. The molecule has 0 bridgehead atoms. The molecule has 1 aromatic rings. The van der Waals surface area contributed by atoms with Gasteiger partial charge in [-0.1, -0.05) is 37.6 Å². The zero-order chi connectivity index (χ0) is 10.7. The molecule has 2 rings (SSSR count). The molecule has 1 heteroatoms. The minimum Gasteiger partial charge on any atom is -0.319 e. The van der Waals surface area contributed by atoms with Crippen molar-refractivity contribution in [2.75, 3.05) is 13.6 Å². The Hall–Kier alpha value is -0.820. The number of benzene rings is 1. The van der Waals surface area contributed by atoms with Crippen molar-refractivity contribution in [2.45, 2.75) is 38.0 Å². The van der Waals surface area contributed by atoms with Gasteiger partial charge in [0, 0.05) is 12.0 Å². The molecule has 1 aliphatic carbocycles. The quantitative estimate of drug-likeness (QED) is 0.793. The normalized spacial score (nSPS) is 24.1. The van der Waals surface area contributed by atoms with Crippen molar-refractivity contribution in [3.63, 3.8) is 0 Å². The van der Waals surface area contributed by atoms with Gasteiger partial charge in [0.15, 0.2) is 0 Å². The third-order valence-corrected chi connectivity index (χ3v) is 3.71. The molecule has 0 saturated carbocycles. The van der Waals surface area contributed by atoms with Crippen LogP contribution in [-0.4, -0.2) is 13.6 Å². The van der Waals surface area contributed by atoms with Crippen LogP contribution < -0.4 is 5.32 Å². The molecule has 0 saturated heterocycles. The van der Waals surface area contributed by atoms with Gasteiger partial charge < -0.3 is 5.32 Å². The minimum atomic E-state index is 0.417. The molecule has 0 aliphatic heterocycles. The Balaban J connectivity index is 2.35. The molecule has 1 nitrogen and oxygen atoms in total. The van der Waals surface area contributed by atoms with Crippen LogP contribution in [0.1, 0.15) is 37.3 Å². The summed E-state index contributed by atoms with van der Waals surface area (Å²) in [7, 11) is 2.07. The van der Waals surface area contributed by atoms with Crippen LogP contribution in [-0.2, 0) is 11.8 Å². The van der Waals surface area contributed by atoms with Gasteiger partial charge in [0.25, 0.3) is 0 Å². The van der Waals surface area contributed by atoms with Gasteiger partial charge in [0.2, 0.25) is 0 Å². The van der Waals surface area contributed by atoms with Crippen LogP contribution in [0.5, 0.6) is 0 Å². The maximum atomic E-state index is 3.38. The van der Waals surface area contributed by atoms with Crippen molar-refractivity contribution in [1.29, 1.82) is 0 Å². The first-order valence-corrected chi connectivity index (χ1v) is 6.05. The molecule has 0 fully saturated rings. The molecule has 0 amide bonds. The second-order valence-electron chi connectivity index (χ2n) is 4.72. The van der Waals surface area contributed by atoms with E-state index in [9.17, 15) is 0 Å². The summed E-state index contributed by atoms with van der Waals surface area (Å²) >= 11 is 0. The van der Waals surface area contributed by atoms with E-state index in [-0.39, 0.29) is 0 Å². The SMILES string of the molecule is CCCC1(CNC)CCc2ccccc21. The molecule has 0 aromatic heterocycles. The third-order valence-electron chi connectivity index (χ3n) is 3.71. The van der Waals surface area contributed by atoms with Gasteiger partial charge in [-0.3, -0.25) is 0 Å². The van der Waals surface area contributed by atoms with Gasteiger partial charge in [-0.2, -0.15) is 0 Å². The number of likely N-dealkylation sites (N-methyl/N-ethyl adjacent to an activating group) is 1. The number of hydrogen-bond acceptors (Lipinski definition) is 1. The lowest BCUT2D eigenvalue weighted by Gasteiger charge is -2.30. The maximum Gasteiger partial charge on any atom is 0.00834 e. The largest absolute Gasteiger partial charge is 0.319 e. The number of nitrogens with one attached hydrogen (secondary N) is 1. The number of fused-ring (bicyclic) bond motifs is 1. The lowest BCUT2D eigenvalue weighted by Crippen LogP contribution is -2.34. The van der Waals surface area contributed by atoms with Crippen molar-refractivity contribution in [2.24, 2.45) is 0 Å². The highest BCUT2D eigenvalue weighted by atomic mass is 14.8. The van der Waals surface area contributed by atoms with Crippen molar-refractivity contribution < 1.29 is 0 Å². The summed E-state index contributed by atoms with van der Waals surface area (Å²) in [6.45, 7) is 3.41. The summed E-state index contributed by atoms with van der Waals surface area (Å²) in [5.74, 6) is 0. The molecule has 0 heterocycles. The van der Waals surface area contributed by atoms with Gasteiger partial charge >= 0.3 is 0 Å². The standard InChI is InChI=1S/C14H21N/c1-3-9-14(11-15-2)10-8-12-6-4-5-7-13(12)14/h4-7,15H,3,8-11H2,1-2H3. The Morgan fingerprint density at radius 3 is 2.87 bits per heavy atom. The van der Waals surface area contributed by atoms with Gasteiger partial charge in [-0.25, -0.2) is 0 Å². The highest BCUT2D eigenvalue weighted by molar-refractivity contribution is 5.39. The molecule has 0 spiro atoms. The highest BCUT2D eigenvalue weighted by Gasteiger charge is 2.36. The van der Waals surface area contributed by atoms with E-state index in [4.69, 9.17) is 0 Å². The Bertz CT molecular complexity index is 318. The predicted molar refractivity (Wildman–Crippen MR) is 65.3 cm³/mol. The van der Waals surface area contributed by atoms with Crippen LogP contribution in [0.15, 0.2) is 24.3 Å². The van der Waals surface area contributed by atoms with Gasteiger partial charge in [-0.05, 0) is 37.4 Å². The number of aryl methyl sites for hydroxylation is 1. The fourth-order valence-corrected chi connectivity index (χ4v) is 3.11. The smallest absolute Gasteiger partial charge is 0.00834 e. The lowest BCUT2D eigenvalue weighted by molar-refractivity contribution is 0.373. The zero-order valence-corrected chi connectivity index (χ0v) is 9.84. The predicted octanol–water partition coefficient (Wildman–Crippen LogP) is 2.89. The summed E-state index contributed by atoms with van der Waals surface area (Å²) in [4.78, 5) is 0. The summed E-state index contributed by atoms with van der Waals surface area (Å²) in [6.07, 6.45) is 5.17. The molecular weight excluding hydrogens is 182 g/mol. The Morgan fingerprint density at radius 1 is 1.33 bits per heavy atom. The van der Waals surface area contributed by atoms with Crippen LogP contribution >= 0.6 is 0 Å². The zero-order valence-electron chi connectivity index (χ0n) is 9.84. The van der Waals surface area contributed by atoms with Gasteiger partial charge in [0.05, 0.1) is 0 Å². The molecule has 1 unspecified atom stereocenters. The Morgan fingerprint density at radius 2 is 2.13 bits per heavy atom. The maximum absolute atomic E-state index is 3.38. The average molecular weight is 203 g/mol. The molecule has 82 valence electrons. The molecule has 15 heavy (non-hydrogen) atoms. The third kappa shape index (κ3) is 1.81. The Labute approximate surface area is 92.9 Å². The van der Waals surface area contributed by atoms with E-state index in [1.807, 2.05) is 0 Å². The molecule has 1 atom stereocenters. The summed E-state index contributed by atoms with van der Waals surface area (Å²) in [5.41, 5.74) is 3.59. The van der Waals surface area contributed by atoms with Crippen LogP contribution in [0.3, 0.4) is 0 Å². The first kappa shape index (κ1) is 10.7. The van der Waals surface area contributed by atoms with Crippen LogP contribution in [0, 0.1) is 0 Å². The molecule has 1 N–H and O–H groups in total. The topological polar surface area (TPSA) is 12.0 Å². The Kier molecular flexibility index (Phi) is 3.11. The molecule has 1 aliphatic rings. The summed E-state index contributed by atoms with van der Waals surface area (Å²) in [5, 5.41) is 3.38. The van der Waals surface area contributed by atoms with Crippen molar-refractivity contribution in [1.82, 2.24) is 5.32 Å². The van der Waals surface area contributed by atoms with Crippen molar-refractivity contribution in [3.8, 4) is 0 Å². The number of hydrogen-bond donors (Lipinski definition) is 1. The summed E-state index contributed by atoms with van der Waals surface area (Å²) in [6, 6.07) is 8.97. The van der Waals surface area contributed by atoms with Crippen LogP contribution in [0.2, 0.25) is 0 Å². The van der Waals surface area contributed by atoms with Crippen molar-refractivity contribution in [3.05, 3.63) is 35.4 Å². The monoisotopic (exact) mass is 203 g/mol. The van der Waals surface area contributed by atoms with E-state index < -0.39 is 0 Å². The van der Waals surface area contributed by atoms with E-state index in [1.54, 1.807) is 11.1 Å². The van der Waals surface area contributed by atoms with E-state index >= 15 is 0 Å². The van der Waals surface area contributed by atoms with E-state index in [1.165, 1.54) is 25.7 Å². The first-order chi connectivity index (χ1) is 7.32. The molecule has 1 aromatic carbocycles. The van der Waals surface area contributed by atoms with E-state index in [0.29, 0.717) is 5.41 Å². The first-order valence-electron chi connectivity index (χ1n) is 6.05. The van der Waals surface area contributed by atoms with Gasteiger partial charge in [-0.15, -0.1) is 0 Å². The van der Waals surface area contributed by atoms with Gasteiger partial charge in [0.1, 0.15) is 0 Å². The second-order valence-corrected chi connectivity index (χ2v) is 4.72. The average Bonchev–Trinajstić information content (AvgIpc) is 2.60.